The molecule has 0 aromatic heterocycles. The summed E-state index contributed by atoms with van der Waals surface area (Å²) >= 11 is 0. The van der Waals surface area contributed by atoms with Gasteiger partial charge in [-0.25, -0.2) is 0 Å². The summed E-state index contributed by atoms with van der Waals surface area (Å²) in [6.45, 7) is 7.65. The molecular weight excluding hydrogens is 224 g/mol. The molecular formula is C16H30O2. The first-order valence-corrected chi connectivity index (χ1v) is 8.02. The first-order chi connectivity index (χ1) is 8.83. The van der Waals surface area contributed by atoms with Crippen LogP contribution in [0.4, 0.5) is 0 Å². The first kappa shape index (κ1) is 14.3. The van der Waals surface area contributed by atoms with Crippen molar-refractivity contribution >= 4 is 0 Å². The van der Waals surface area contributed by atoms with Gasteiger partial charge in [-0.1, -0.05) is 39.5 Å². The highest BCUT2D eigenvalue weighted by molar-refractivity contribution is 4.81. The lowest BCUT2D eigenvalue weighted by molar-refractivity contribution is -0.103. The summed E-state index contributed by atoms with van der Waals surface area (Å²) in [6.07, 6.45) is 10.0. The van der Waals surface area contributed by atoms with Gasteiger partial charge < -0.3 is 9.47 Å². The molecule has 0 N–H and O–H groups in total. The van der Waals surface area contributed by atoms with E-state index in [0.29, 0.717) is 6.10 Å². The van der Waals surface area contributed by atoms with Gasteiger partial charge in [-0.2, -0.15) is 0 Å². The lowest BCUT2D eigenvalue weighted by Gasteiger charge is -2.38. The molecule has 0 bridgehead atoms. The fraction of sp³-hybridized carbons (Fsp3) is 1.00. The topological polar surface area (TPSA) is 18.5 Å². The standard InChI is InChI=1S/C16H30O2/c1-3-5-13(4-2)6-7-14(15-11-17-12-15)10-16-8-9-18-16/h13-16H,3-12H2,1-2H3. The van der Waals surface area contributed by atoms with Crippen LogP contribution in [-0.4, -0.2) is 25.9 Å². The number of hydrogen-bond donors (Lipinski definition) is 0. The van der Waals surface area contributed by atoms with Crippen LogP contribution in [-0.2, 0) is 9.47 Å². The van der Waals surface area contributed by atoms with E-state index in [1.807, 2.05) is 0 Å². The largest absolute Gasteiger partial charge is 0.381 e. The average molecular weight is 254 g/mol. The molecule has 3 unspecified atom stereocenters. The van der Waals surface area contributed by atoms with Gasteiger partial charge in [-0.15, -0.1) is 0 Å². The summed E-state index contributed by atoms with van der Waals surface area (Å²) < 4.78 is 11.0. The minimum Gasteiger partial charge on any atom is -0.381 e. The van der Waals surface area contributed by atoms with Gasteiger partial charge in [0.25, 0.3) is 0 Å². The van der Waals surface area contributed by atoms with Crippen LogP contribution in [0.3, 0.4) is 0 Å². The molecule has 2 rings (SSSR count). The summed E-state index contributed by atoms with van der Waals surface area (Å²) in [4.78, 5) is 0. The second-order valence-corrected chi connectivity index (χ2v) is 6.22. The van der Waals surface area contributed by atoms with Crippen LogP contribution in [0.2, 0.25) is 0 Å². The molecule has 2 saturated heterocycles. The third-order valence-electron chi connectivity index (χ3n) is 4.91. The minimum atomic E-state index is 0.571. The summed E-state index contributed by atoms with van der Waals surface area (Å²) in [5, 5.41) is 0. The normalized spacial score (nSPS) is 27.3. The molecule has 0 radical (unpaired) electrons. The third-order valence-corrected chi connectivity index (χ3v) is 4.91. The van der Waals surface area contributed by atoms with Gasteiger partial charge in [0.05, 0.1) is 19.3 Å². The van der Waals surface area contributed by atoms with E-state index < -0.39 is 0 Å². The van der Waals surface area contributed by atoms with E-state index >= 15 is 0 Å². The summed E-state index contributed by atoms with van der Waals surface area (Å²) in [5.74, 6) is 2.63. The van der Waals surface area contributed by atoms with E-state index in [4.69, 9.17) is 9.47 Å². The molecule has 0 aromatic rings. The minimum absolute atomic E-state index is 0.571. The Hall–Kier alpha value is -0.0800. The van der Waals surface area contributed by atoms with Crippen molar-refractivity contribution in [3.05, 3.63) is 0 Å². The summed E-state index contributed by atoms with van der Waals surface area (Å²) in [5.41, 5.74) is 0. The van der Waals surface area contributed by atoms with Crippen LogP contribution in [0.25, 0.3) is 0 Å². The van der Waals surface area contributed by atoms with Crippen LogP contribution in [0.15, 0.2) is 0 Å². The highest BCUT2D eigenvalue weighted by Gasteiger charge is 2.32. The first-order valence-electron chi connectivity index (χ1n) is 8.02. The number of ether oxygens (including phenoxy) is 2. The van der Waals surface area contributed by atoms with E-state index in [9.17, 15) is 0 Å². The molecule has 2 aliphatic rings. The molecule has 106 valence electrons. The van der Waals surface area contributed by atoms with Crippen LogP contribution >= 0.6 is 0 Å². The zero-order valence-electron chi connectivity index (χ0n) is 12.2. The Kier molecular flexibility index (Phi) is 5.97. The fourth-order valence-corrected chi connectivity index (χ4v) is 3.29. The van der Waals surface area contributed by atoms with E-state index in [1.54, 1.807) is 0 Å². The van der Waals surface area contributed by atoms with Crippen molar-refractivity contribution in [2.24, 2.45) is 17.8 Å². The lowest BCUT2D eigenvalue weighted by Crippen LogP contribution is -2.39. The number of rotatable bonds is 9. The maximum atomic E-state index is 5.62. The van der Waals surface area contributed by atoms with Crippen LogP contribution in [0, 0.1) is 17.8 Å². The summed E-state index contributed by atoms with van der Waals surface area (Å²) in [7, 11) is 0. The monoisotopic (exact) mass is 254 g/mol. The van der Waals surface area contributed by atoms with E-state index in [2.05, 4.69) is 13.8 Å². The molecule has 0 spiro atoms. The zero-order chi connectivity index (χ0) is 12.8. The van der Waals surface area contributed by atoms with Crippen LogP contribution < -0.4 is 0 Å². The van der Waals surface area contributed by atoms with Gasteiger partial charge >= 0.3 is 0 Å². The van der Waals surface area contributed by atoms with E-state index in [1.165, 1.54) is 44.9 Å². The molecule has 0 aliphatic carbocycles. The molecule has 2 heteroatoms. The highest BCUT2D eigenvalue weighted by atomic mass is 16.5. The smallest absolute Gasteiger partial charge is 0.0599 e. The van der Waals surface area contributed by atoms with Crippen LogP contribution in [0.5, 0.6) is 0 Å². The number of hydrogen-bond acceptors (Lipinski definition) is 2. The van der Waals surface area contributed by atoms with Gasteiger partial charge in [0.2, 0.25) is 0 Å². The SMILES string of the molecule is CCCC(CC)CCC(CC1CCO1)C1COC1. The highest BCUT2D eigenvalue weighted by Crippen LogP contribution is 2.34. The van der Waals surface area contributed by atoms with Gasteiger partial charge in [0, 0.05) is 12.5 Å². The predicted octanol–water partition coefficient (Wildman–Crippen LogP) is 4.03. The van der Waals surface area contributed by atoms with Crippen molar-refractivity contribution < 1.29 is 9.47 Å². The molecule has 2 fully saturated rings. The maximum Gasteiger partial charge on any atom is 0.0599 e. The Morgan fingerprint density at radius 2 is 1.89 bits per heavy atom. The maximum absolute atomic E-state index is 5.62. The zero-order valence-corrected chi connectivity index (χ0v) is 12.2. The molecule has 2 aliphatic heterocycles. The van der Waals surface area contributed by atoms with Gasteiger partial charge in [-0.05, 0) is 31.1 Å². The molecule has 2 heterocycles. The van der Waals surface area contributed by atoms with Crippen molar-refractivity contribution in [1.29, 1.82) is 0 Å². The molecule has 0 aromatic carbocycles. The second-order valence-electron chi connectivity index (χ2n) is 6.22. The van der Waals surface area contributed by atoms with Gasteiger partial charge in [0.1, 0.15) is 0 Å². The van der Waals surface area contributed by atoms with Crippen molar-refractivity contribution in [2.75, 3.05) is 19.8 Å². The quantitative estimate of drug-likeness (QED) is 0.618. The Morgan fingerprint density at radius 3 is 2.33 bits per heavy atom. The Labute approximate surface area is 112 Å². The van der Waals surface area contributed by atoms with Gasteiger partial charge in [-0.3, -0.25) is 0 Å². The van der Waals surface area contributed by atoms with Crippen molar-refractivity contribution in [3.63, 3.8) is 0 Å². The molecule has 18 heavy (non-hydrogen) atoms. The molecule has 3 atom stereocenters. The van der Waals surface area contributed by atoms with Crippen molar-refractivity contribution in [2.45, 2.75) is 64.9 Å². The van der Waals surface area contributed by atoms with Gasteiger partial charge in [0.15, 0.2) is 0 Å². The van der Waals surface area contributed by atoms with Crippen molar-refractivity contribution in [3.8, 4) is 0 Å². The fourth-order valence-electron chi connectivity index (χ4n) is 3.29. The summed E-state index contributed by atoms with van der Waals surface area (Å²) in [6, 6.07) is 0. The molecule has 0 amide bonds. The molecule has 2 nitrogen and oxygen atoms in total. The van der Waals surface area contributed by atoms with Crippen molar-refractivity contribution in [1.82, 2.24) is 0 Å². The van der Waals surface area contributed by atoms with E-state index in [-0.39, 0.29) is 0 Å². The predicted molar refractivity (Wildman–Crippen MR) is 74.7 cm³/mol. The Morgan fingerprint density at radius 1 is 1.11 bits per heavy atom. The lowest BCUT2D eigenvalue weighted by atomic mass is 9.79. The Bertz CT molecular complexity index is 221. The third kappa shape index (κ3) is 3.96. The molecule has 0 saturated carbocycles. The van der Waals surface area contributed by atoms with E-state index in [0.717, 1.165) is 37.6 Å². The van der Waals surface area contributed by atoms with Crippen LogP contribution in [0.1, 0.15) is 58.8 Å². The average Bonchev–Trinajstić information content (AvgIpc) is 2.25. The second kappa shape index (κ2) is 7.49. The Balaban J connectivity index is 1.72.